The maximum atomic E-state index is 12.3. The number of carbonyl (C=O) groups excluding carboxylic acids is 1. The van der Waals surface area contributed by atoms with Crippen LogP contribution in [0.25, 0.3) is 0 Å². The molecule has 1 N–H and O–H groups in total. The Labute approximate surface area is 115 Å². The second kappa shape index (κ2) is 6.29. The van der Waals surface area contributed by atoms with Crippen LogP contribution in [0, 0.1) is 5.92 Å². The molecule has 0 radical (unpaired) electrons. The molecule has 2 unspecified atom stereocenters. The van der Waals surface area contributed by atoms with Crippen LogP contribution in [0.1, 0.15) is 26.2 Å². The number of halogens is 1. The molecule has 2 atom stereocenters. The fraction of sp³-hybridized carbons (Fsp3) is 0.538. The number of nitrogens with zero attached hydrogens (tertiary/aromatic N) is 1. The van der Waals surface area contributed by atoms with Gasteiger partial charge in [-0.05, 0) is 41.3 Å². The Balaban J connectivity index is 2.05. The Morgan fingerprint density at radius 1 is 1.67 bits per heavy atom. The molecule has 0 bridgehead atoms. The fourth-order valence-electron chi connectivity index (χ4n) is 2.24. The number of anilines is 1. The van der Waals surface area contributed by atoms with Gasteiger partial charge in [-0.3, -0.25) is 9.78 Å². The Morgan fingerprint density at radius 3 is 3.22 bits per heavy atom. The topological polar surface area (TPSA) is 51.2 Å². The minimum atomic E-state index is -0.0520. The van der Waals surface area contributed by atoms with Crippen LogP contribution < -0.4 is 5.32 Å². The lowest BCUT2D eigenvalue weighted by atomic mass is 9.92. The van der Waals surface area contributed by atoms with Crippen LogP contribution in [0.3, 0.4) is 0 Å². The van der Waals surface area contributed by atoms with Crippen LogP contribution in [-0.4, -0.2) is 23.6 Å². The summed E-state index contributed by atoms with van der Waals surface area (Å²) in [4.78, 5) is 16.2. The van der Waals surface area contributed by atoms with Gasteiger partial charge in [0.2, 0.25) is 5.91 Å². The number of hydrogen-bond acceptors (Lipinski definition) is 3. The third-order valence-electron chi connectivity index (χ3n) is 3.21. The van der Waals surface area contributed by atoms with E-state index in [1.54, 1.807) is 18.5 Å². The van der Waals surface area contributed by atoms with E-state index < -0.39 is 0 Å². The maximum absolute atomic E-state index is 12.3. The van der Waals surface area contributed by atoms with Crippen LogP contribution in [0.2, 0.25) is 0 Å². The van der Waals surface area contributed by atoms with Crippen molar-refractivity contribution in [2.24, 2.45) is 5.92 Å². The number of pyridine rings is 1. The third kappa shape index (κ3) is 3.09. The van der Waals surface area contributed by atoms with Gasteiger partial charge in [0.05, 0.1) is 22.2 Å². The molecule has 0 spiro atoms. The van der Waals surface area contributed by atoms with Crippen molar-refractivity contribution in [1.82, 2.24) is 4.98 Å². The molecule has 1 aliphatic rings. The average Bonchev–Trinajstić information content (AvgIpc) is 2.41. The van der Waals surface area contributed by atoms with E-state index in [9.17, 15) is 4.79 Å². The monoisotopic (exact) mass is 312 g/mol. The smallest absolute Gasteiger partial charge is 0.230 e. The van der Waals surface area contributed by atoms with Crippen LogP contribution >= 0.6 is 15.9 Å². The molecule has 1 aromatic heterocycles. The quantitative estimate of drug-likeness (QED) is 0.933. The first kappa shape index (κ1) is 13.5. The van der Waals surface area contributed by atoms with E-state index in [2.05, 4.69) is 33.2 Å². The number of carbonyl (C=O) groups is 1. The van der Waals surface area contributed by atoms with Gasteiger partial charge in [-0.15, -0.1) is 0 Å². The average molecular weight is 313 g/mol. The van der Waals surface area contributed by atoms with E-state index in [4.69, 9.17) is 4.74 Å². The van der Waals surface area contributed by atoms with Crippen molar-refractivity contribution in [1.29, 1.82) is 0 Å². The van der Waals surface area contributed by atoms with Gasteiger partial charge < -0.3 is 10.1 Å². The summed E-state index contributed by atoms with van der Waals surface area (Å²) >= 11 is 3.37. The molecule has 1 aromatic rings. The predicted molar refractivity (Wildman–Crippen MR) is 73.3 cm³/mol. The highest BCUT2D eigenvalue weighted by Gasteiger charge is 2.30. The van der Waals surface area contributed by atoms with Gasteiger partial charge in [0.25, 0.3) is 0 Å². The van der Waals surface area contributed by atoms with Crippen molar-refractivity contribution >= 4 is 27.5 Å². The third-order valence-corrected chi connectivity index (χ3v) is 3.84. The van der Waals surface area contributed by atoms with Crippen LogP contribution in [0.4, 0.5) is 5.69 Å². The summed E-state index contributed by atoms with van der Waals surface area (Å²) in [5.74, 6) is -0.0164. The molecule has 5 heteroatoms. The van der Waals surface area contributed by atoms with Gasteiger partial charge in [0.1, 0.15) is 0 Å². The summed E-state index contributed by atoms with van der Waals surface area (Å²) < 4.78 is 6.44. The van der Waals surface area contributed by atoms with E-state index in [-0.39, 0.29) is 17.9 Å². The molecule has 0 aliphatic carbocycles. The normalized spacial score (nSPS) is 23.7. The summed E-state index contributed by atoms with van der Waals surface area (Å²) in [6.45, 7) is 2.82. The minimum Gasteiger partial charge on any atom is -0.377 e. The molecule has 2 rings (SSSR count). The molecular weight excluding hydrogens is 296 g/mol. The molecule has 4 nitrogen and oxygen atoms in total. The van der Waals surface area contributed by atoms with Gasteiger partial charge in [-0.25, -0.2) is 0 Å². The van der Waals surface area contributed by atoms with E-state index >= 15 is 0 Å². The van der Waals surface area contributed by atoms with Crippen molar-refractivity contribution in [3.8, 4) is 0 Å². The molecule has 1 amide bonds. The van der Waals surface area contributed by atoms with E-state index in [1.165, 1.54) is 0 Å². The fourth-order valence-corrected chi connectivity index (χ4v) is 2.59. The highest BCUT2D eigenvalue weighted by Crippen LogP contribution is 2.26. The van der Waals surface area contributed by atoms with Gasteiger partial charge in [-0.2, -0.15) is 0 Å². The SMILES string of the molecule is CCC1OCCCC1C(=O)Nc1ccncc1Br. The summed E-state index contributed by atoms with van der Waals surface area (Å²) in [5, 5.41) is 2.94. The summed E-state index contributed by atoms with van der Waals surface area (Å²) in [5.41, 5.74) is 0.760. The first-order chi connectivity index (χ1) is 8.72. The van der Waals surface area contributed by atoms with Crippen LogP contribution in [0.15, 0.2) is 22.9 Å². The van der Waals surface area contributed by atoms with Crippen molar-refractivity contribution in [2.45, 2.75) is 32.3 Å². The van der Waals surface area contributed by atoms with Gasteiger partial charge in [0, 0.05) is 19.0 Å². The standard InChI is InChI=1S/C13H17BrN2O2/c1-2-12-9(4-3-7-18-12)13(17)16-11-5-6-15-8-10(11)14/h5-6,8-9,12H,2-4,7H2,1H3,(H,15,16,17). The maximum Gasteiger partial charge on any atom is 0.230 e. The molecular formula is C13H17BrN2O2. The van der Waals surface area contributed by atoms with E-state index in [1.807, 2.05) is 0 Å². The number of aromatic nitrogens is 1. The Hall–Kier alpha value is -0.940. The lowest BCUT2D eigenvalue weighted by molar-refractivity contribution is -0.129. The molecule has 2 heterocycles. The first-order valence-electron chi connectivity index (χ1n) is 6.24. The first-order valence-corrected chi connectivity index (χ1v) is 7.03. The summed E-state index contributed by atoms with van der Waals surface area (Å²) in [6, 6.07) is 1.78. The highest BCUT2D eigenvalue weighted by molar-refractivity contribution is 9.10. The zero-order valence-corrected chi connectivity index (χ0v) is 11.9. The zero-order chi connectivity index (χ0) is 13.0. The van der Waals surface area contributed by atoms with Gasteiger partial charge in [0.15, 0.2) is 0 Å². The zero-order valence-electron chi connectivity index (χ0n) is 10.4. The molecule has 98 valence electrons. The Kier molecular flexibility index (Phi) is 4.72. The number of hydrogen-bond donors (Lipinski definition) is 1. The van der Waals surface area contributed by atoms with Crippen LogP contribution in [-0.2, 0) is 9.53 Å². The number of amides is 1. The van der Waals surface area contributed by atoms with Gasteiger partial charge in [-0.1, -0.05) is 6.92 Å². The Morgan fingerprint density at radius 2 is 2.50 bits per heavy atom. The van der Waals surface area contributed by atoms with Crippen LogP contribution in [0.5, 0.6) is 0 Å². The molecule has 1 aliphatic heterocycles. The predicted octanol–water partition coefficient (Wildman–Crippen LogP) is 2.99. The minimum absolute atomic E-state index is 0.0356. The lowest BCUT2D eigenvalue weighted by Gasteiger charge is -2.30. The van der Waals surface area contributed by atoms with E-state index in [0.717, 1.165) is 36.0 Å². The highest BCUT2D eigenvalue weighted by atomic mass is 79.9. The summed E-state index contributed by atoms with van der Waals surface area (Å²) in [7, 11) is 0. The van der Waals surface area contributed by atoms with Crippen molar-refractivity contribution in [3.63, 3.8) is 0 Å². The second-order valence-electron chi connectivity index (χ2n) is 4.41. The second-order valence-corrected chi connectivity index (χ2v) is 5.27. The Bertz CT molecular complexity index is 425. The molecule has 1 saturated heterocycles. The number of ether oxygens (including phenoxy) is 1. The van der Waals surface area contributed by atoms with Crippen molar-refractivity contribution < 1.29 is 9.53 Å². The number of rotatable bonds is 3. The van der Waals surface area contributed by atoms with Gasteiger partial charge >= 0.3 is 0 Å². The molecule has 18 heavy (non-hydrogen) atoms. The largest absolute Gasteiger partial charge is 0.377 e. The van der Waals surface area contributed by atoms with E-state index in [0.29, 0.717) is 0 Å². The molecule has 0 saturated carbocycles. The van der Waals surface area contributed by atoms with Crippen molar-refractivity contribution in [2.75, 3.05) is 11.9 Å². The number of nitrogens with one attached hydrogen (secondary N) is 1. The lowest BCUT2D eigenvalue weighted by Crippen LogP contribution is -2.37. The molecule has 0 aromatic carbocycles. The van der Waals surface area contributed by atoms with Crippen molar-refractivity contribution in [3.05, 3.63) is 22.9 Å². The summed E-state index contributed by atoms with van der Waals surface area (Å²) in [6.07, 6.45) is 6.09. The molecule has 1 fully saturated rings.